The maximum absolute atomic E-state index is 13.7. The predicted molar refractivity (Wildman–Crippen MR) is 90.2 cm³/mol. The van der Waals surface area contributed by atoms with E-state index in [1.54, 1.807) is 0 Å². The van der Waals surface area contributed by atoms with Gasteiger partial charge >= 0.3 is 0 Å². The molecular weight excluding hydrogens is 393 g/mol. The zero-order valence-corrected chi connectivity index (χ0v) is 14.7. The molecule has 1 aliphatic rings. The number of benzene rings is 2. The number of halogens is 4. The molecule has 0 spiro atoms. The Morgan fingerprint density at radius 1 is 1.08 bits per heavy atom. The average molecular weight is 405 g/mol. The lowest BCUT2D eigenvalue weighted by Crippen LogP contribution is -2.24. The fourth-order valence-electron chi connectivity index (χ4n) is 2.62. The summed E-state index contributed by atoms with van der Waals surface area (Å²) in [6, 6.07) is 5.17. The lowest BCUT2D eigenvalue weighted by molar-refractivity contribution is -0.117. The minimum Gasteiger partial charge on any atom is -0.311 e. The van der Waals surface area contributed by atoms with E-state index in [4.69, 9.17) is 11.6 Å². The summed E-state index contributed by atoms with van der Waals surface area (Å²) in [4.78, 5) is 12.2. The van der Waals surface area contributed by atoms with E-state index in [0.717, 1.165) is 0 Å². The highest BCUT2D eigenvalue weighted by atomic mass is 35.5. The number of amides is 1. The molecule has 3 rings (SSSR count). The normalized spacial score (nSPS) is 14.8. The van der Waals surface area contributed by atoms with Gasteiger partial charge in [-0.05, 0) is 36.8 Å². The van der Waals surface area contributed by atoms with Gasteiger partial charge < -0.3 is 4.90 Å². The van der Waals surface area contributed by atoms with Crippen molar-refractivity contribution in [2.45, 2.75) is 17.7 Å². The second-order valence-corrected chi connectivity index (χ2v) is 7.65. The van der Waals surface area contributed by atoms with Gasteiger partial charge in [0.2, 0.25) is 5.91 Å². The van der Waals surface area contributed by atoms with Gasteiger partial charge in [0.25, 0.3) is 10.0 Å². The van der Waals surface area contributed by atoms with Gasteiger partial charge in [-0.3, -0.25) is 9.52 Å². The zero-order valence-electron chi connectivity index (χ0n) is 13.1. The minimum absolute atomic E-state index is 0.0190. The second kappa shape index (κ2) is 6.81. The number of carbonyl (C=O) groups is 1. The quantitative estimate of drug-likeness (QED) is 0.790. The van der Waals surface area contributed by atoms with Crippen LogP contribution in [0.5, 0.6) is 0 Å². The number of anilines is 2. The van der Waals surface area contributed by atoms with Crippen LogP contribution in [-0.4, -0.2) is 20.9 Å². The Morgan fingerprint density at radius 3 is 2.42 bits per heavy atom. The predicted octanol–water partition coefficient (Wildman–Crippen LogP) is 3.68. The first-order valence-electron chi connectivity index (χ1n) is 7.47. The first-order chi connectivity index (χ1) is 12.2. The number of hydrogen-bond acceptors (Lipinski definition) is 3. The van der Waals surface area contributed by atoms with Gasteiger partial charge in [-0.25, -0.2) is 21.6 Å². The van der Waals surface area contributed by atoms with Crippen LogP contribution in [0.1, 0.15) is 12.8 Å². The van der Waals surface area contributed by atoms with E-state index >= 15 is 0 Å². The third-order valence-electron chi connectivity index (χ3n) is 3.85. The third-order valence-corrected chi connectivity index (χ3v) is 5.55. The fourth-order valence-corrected chi connectivity index (χ4v) is 4.02. The smallest absolute Gasteiger partial charge is 0.264 e. The fraction of sp³-hybridized carbons (Fsp3) is 0.188. The van der Waals surface area contributed by atoms with E-state index in [0.29, 0.717) is 37.2 Å². The maximum Gasteiger partial charge on any atom is 0.264 e. The molecule has 0 unspecified atom stereocenters. The van der Waals surface area contributed by atoms with Crippen LogP contribution < -0.4 is 9.62 Å². The summed E-state index contributed by atoms with van der Waals surface area (Å²) in [5, 5.41) is 0.117. The van der Waals surface area contributed by atoms with Crippen LogP contribution >= 0.6 is 11.6 Å². The molecule has 2 aromatic carbocycles. The highest BCUT2D eigenvalue weighted by molar-refractivity contribution is 7.92. The van der Waals surface area contributed by atoms with Crippen molar-refractivity contribution in [2.75, 3.05) is 16.2 Å². The summed E-state index contributed by atoms with van der Waals surface area (Å²) in [6.45, 7) is 0.504. The molecule has 1 heterocycles. The summed E-state index contributed by atoms with van der Waals surface area (Å²) in [7, 11) is -4.51. The molecule has 0 aromatic heterocycles. The lowest BCUT2D eigenvalue weighted by Gasteiger charge is -2.18. The van der Waals surface area contributed by atoms with Gasteiger partial charge in [-0.1, -0.05) is 11.6 Å². The number of rotatable bonds is 4. The maximum atomic E-state index is 13.7. The van der Waals surface area contributed by atoms with E-state index < -0.39 is 32.4 Å². The number of nitrogens with one attached hydrogen (secondary N) is 1. The molecule has 5 nitrogen and oxygen atoms in total. The van der Waals surface area contributed by atoms with E-state index in [1.807, 2.05) is 4.72 Å². The van der Waals surface area contributed by atoms with Crippen molar-refractivity contribution in [3.63, 3.8) is 0 Å². The summed E-state index contributed by atoms with van der Waals surface area (Å²) >= 11 is 6.11. The van der Waals surface area contributed by atoms with Crippen molar-refractivity contribution in [1.29, 1.82) is 0 Å². The summed E-state index contributed by atoms with van der Waals surface area (Å²) in [5.74, 6) is -5.29. The number of nitrogens with zero attached hydrogens (tertiary/aromatic N) is 1. The molecule has 2 aromatic rings. The Balaban J connectivity index is 1.90. The molecule has 0 saturated carbocycles. The molecule has 1 amide bonds. The van der Waals surface area contributed by atoms with Gasteiger partial charge in [0.1, 0.15) is 4.90 Å². The van der Waals surface area contributed by atoms with E-state index in [-0.39, 0.29) is 16.6 Å². The Morgan fingerprint density at radius 2 is 1.81 bits per heavy atom. The molecule has 1 aliphatic heterocycles. The second-order valence-electron chi connectivity index (χ2n) is 5.59. The minimum atomic E-state index is -4.51. The van der Waals surface area contributed by atoms with Gasteiger partial charge in [0.15, 0.2) is 17.5 Å². The van der Waals surface area contributed by atoms with Crippen LogP contribution in [0.25, 0.3) is 0 Å². The molecule has 0 atom stereocenters. The first kappa shape index (κ1) is 18.5. The Labute approximate surface area is 152 Å². The van der Waals surface area contributed by atoms with Crippen molar-refractivity contribution in [2.24, 2.45) is 0 Å². The van der Waals surface area contributed by atoms with Crippen molar-refractivity contribution in [3.05, 3.63) is 52.8 Å². The summed E-state index contributed by atoms with van der Waals surface area (Å²) < 4.78 is 66.5. The van der Waals surface area contributed by atoms with Crippen molar-refractivity contribution in [3.8, 4) is 0 Å². The Bertz CT molecular complexity index is 998. The molecule has 1 saturated heterocycles. The standard InChI is InChI=1S/C16H12ClF3N2O3S/c17-10-8-9(3-5-12(10)22-7-1-2-14(22)23)21-26(24,25)13-6-4-11(18)15(19)16(13)20/h3-6,8,21H,1-2,7H2. The summed E-state index contributed by atoms with van der Waals surface area (Å²) in [6.07, 6.45) is 1.10. The Hall–Kier alpha value is -2.26. The monoisotopic (exact) mass is 404 g/mol. The molecule has 138 valence electrons. The first-order valence-corrected chi connectivity index (χ1v) is 9.33. The number of carbonyl (C=O) groups excluding carboxylic acids is 1. The lowest BCUT2D eigenvalue weighted by atomic mass is 10.2. The summed E-state index contributed by atoms with van der Waals surface area (Å²) in [5.41, 5.74) is 0.408. The SMILES string of the molecule is O=C1CCCN1c1ccc(NS(=O)(=O)c2ccc(F)c(F)c2F)cc1Cl. The highest BCUT2D eigenvalue weighted by Gasteiger charge is 2.26. The zero-order chi connectivity index (χ0) is 19.1. The van der Waals surface area contributed by atoms with E-state index in [2.05, 4.69) is 0 Å². The largest absolute Gasteiger partial charge is 0.311 e. The highest BCUT2D eigenvalue weighted by Crippen LogP contribution is 2.32. The van der Waals surface area contributed by atoms with Crippen LogP contribution in [0.2, 0.25) is 5.02 Å². The molecule has 26 heavy (non-hydrogen) atoms. The molecule has 0 aliphatic carbocycles. The van der Waals surface area contributed by atoms with Crippen LogP contribution in [0, 0.1) is 17.5 Å². The van der Waals surface area contributed by atoms with E-state index in [9.17, 15) is 26.4 Å². The molecule has 1 N–H and O–H groups in total. The van der Waals surface area contributed by atoms with Gasteiger partial charge in [0.05, 0.1) is 16.4 Å². The van der Waals surface area contributed by atoms with Crippen LogP contribution in [0.3, 0.4) is 0 Å². The molecule has 10 heteroatoms. The van der Waals surface area contributed by atoms with Crippen molar-refractivity contribution < 1.29 is 26.4 Å². The van der Waals surface area contributed by atoms with Crippen LogP contribution in [-0.2, 0) is 14.8 Å². The van der Waals surface area contributed by atoms with Crippen LogP contribution in [0.4, 0.5) is 24.5 Å². The van der Waals surface area contributed by atoms with E-state index in [1.165, 1.54) is 23.1 Å². The molecule has 0 radical (unpaired) electrons. The van der Waals surface area contributed by atoms with Crippen molar-refractivity contribution >= 4 is 38.9 Å². The number of hydrogen-bond donors (Lipinski definition) is 1. The number of sulfonamides is 1. The topological polar surface area (TPSA) is 66.5 Å². The van der Waals surface area contributed by atoms with Gasteiger partial charge in [-0.15, -0.1) is 0 Å². The van der Waals surface area contributed by atoms with Gasteiger partial charge in [-0.2, -0.15) is 0 Å². The average Bonchev–Trinajstić information content (AvgIpc) is 2.98. The molecular formula is C16H12ClF3N2O3S. The molecule has 1 fully saturated rings. The third kappa shape index (κ3) is 3.36. The molecule has 0 bridgehead atoms. The van der Waals surface area contributed by atoms with Crippen LogP contribution in [0.15, 0.2) is 35.2 Å². The van der Waals surface area contributed by atoms with Gasteiger partial charge in [0, 0.05) is 13.0 Å². The Kier molecular flexibility index (Phi) is 4.85. The van der Waals surface area contributed by atoms with Crippen molar-refractivity contribution in [1.82, 2.24) is 0 Å².